The minimum absolute atomic E-state index is 0.0876. The van der Waals surface area contributed by atoms with Crippen molar-refractivity contribution >= 4 is 43.7 Å². The average Bonchev–Trinajstić information content (AvgIpc) is 2.24. The van der Waals surface area contributed by atoms with Crippen LogP contribution in [-0.2, 0) is 22.2 Å². The van der Waals surface area contributed by atoms with Crippen LogP contribution in [-0.4, -0.2) is 46.6 Å². The zero-order valence-corrected chi connectivity index (χ0v) is 12.7. The maximum absolute atomic E-state index is 10.3. The highest BCUT2D eigenvalue weighted by Crippen LogP contribution is 2.23. The Labute approximate surface area is 115 Å². The lowest BCUT2D eigenvalue weighted by Crippen LogP contribution is -2.24. The molecule has 0 aromatic heterocycles. The van der Waals surface area contributed by atoms with Crippen LogP contribution in [0.15, 0.2) is 0 Å². The first-order chi connectivity index (χ1) is 8.02. The van der Waals surface area contributed by atoms with Crippen LogP contribution in [0.1, 0.15) is 19.3 Å². The summed E-state index contributed by atoms with van der Waals surface area (Å²) in [5, 5.41) is 0. The van der Waals surface area contributed by atoms with Crippen molar-refractivity contribution in [1.82, 2.24) is 0 Å². The molecule has 0 aliphatic carbocycles. The van der Waals surface area contributed by atoms with E-state index in [4.69, 9.17) is 10.3 Å². The fraction of sp³-hybridized carbons (Fsp3) is 1.00. The number of rotatable bonds is 11. The lowest BCUT2D eigenvalue weighted by Gasteiger charge is -2.11. The predicted octanol–water partition coefficient (Wildman–Crippen LogP) is 0.966. The minimum Gasteiger partial charge on any atom is -0.772 e. The smallest absolute Gasteiger partial charge is 0.152 e. The van der Waals surface area contributed by atoms with Gasteiger partial charge in [0.05, 0.1) is 0 Å². The molecule has 9 heteroatoms. The van der Waals surface area contributed by atoms with E-state index in [1.807, 2.05) is 0 Å². The SMILES string of the molecule is NC(CCS(=O)[O-])CSSCCCCS(=O)O. The molecule has 0 fully saturated rings. The Balaban J connectivity index is 3.21. The highest BCUT2D eigenvalue weighted by Gasteiger charge is 2.03. The van der Waals surface area contributed by atoms with Crippen molar-refractivity contribution in [1.29, 1.82) is 0 Å². The van der Waals surface area contributed by atoms with Crippen LogP contribution >= 0.6 is 21.6 Å². The van der Waals surface area contributed by atoms with Gasteiger partial charge in [-0.25, -0.2) is 4.21 Å². The molecule has 0 heterocycles. The van der Waals surface area contributed by atoms with Crippen molar-refractivity contribution in [2.75, 3.05) is 23.0 Å². The Morgan fingerprint density at radius 2 is 1.94 bits per heavy atom. The third kappa shape index (κ3) is 14.8. The van der Waals surface area contributed by atoms with Crippen LogP contribution in [0, 0.1) is 0 Å². The van der Waals surface area contributed by atoms with Gasteiger partial charge >= 0.3 is 0 Å². The van der Waals surface area contributed by atoms with Gasteiger partial charge < -0.3 is 14.8 Å². The largest absolute Gasteiger partial charge is 0.772 e. The van der Waals surface area contributed by atoms with E-state index in [1.54, 1.807) is 21.6 Å². The molecule has 0 saturated carbocycles. The van der Waals surface area contributed by atoms with Gasteiger partial charge in [0.15, 0.2) is 11.1 Å². The first-order valence-corrected chi connectivity index (χ1v) is 10.2. The molecule has 0 aliphatic heterocycles. The normalized spacial score (nSPS) is 16.6. The van der Waals surface area contributed by atoms with E-state index in [0.29, 0.717) is 12.2 Å². The lowest BCUT2D eigenvalue weighted by molar-refractivity contribution is 0.531. The quantitative estimate of drug-likeness (QED) is 0.332. The van der Waals surface area contributed by atoms with Crippen molar-refractivity contribution in [2.24, 2.45) is 5.73 Å². The van der Waals surface area contributed by atoms with Gasteiger partial charge in [0.2, 0.25) is 0 Å². The summed E-state index contributed by atoms with van der Waals surface area (Å²) in [7, 11) is 3.29. The van der Waals surface area contributed by atoms with Gasteiger partial charge in [-0.05, 0) is 19.3 Å². The fourth-order valence-corrected chi connectivity index (χ4v) is 4.26. The fourth-order valence-electron chi connectivity index (χ4n) is 0.912. The minimum atomic E-state index is -2.00. The average molecular weight is 321 g/mol. The second kappa shape index (κ2) is 11.9. The second-order valence-electron chi connectivity index (χ2n) is 3.40. The molecule has 0 rings (SSSR count). The highest BCUT2D eigenvalue weighted by atomic mass is 33.1. The Bertz CT molecular complexity index is 242. The molecule has 3 atom stereocenters. The summed E-state index contributed by atoms with van der Waals surface area (Å²) in [6.07, 6.45) is 2.15. The first-order valence-electron chi connectivity index (χ1n) is 5.15. The van der Waals surface area contributed by atoms with E-state index in [9.17, 15) is 13.0 Å². The van der Waals surface area contributed by atoms with E-state index in [1.165, 1.54) is 0 Å². The number of hydrogen-bond acceptors (Lipinski definition) is 6. The summed E-state index contributed by atoms with van der Waals surface area (Å²) < 4.78 is 39.4. The predicted molar refractivity (Wildman–Crippen MR) is 76.2 cm³/mol. The standard InChI is InChI=1S/C8H19NO4S4/c9-8(3-6-17(12)13)7-15-14-4-1-2-5-16(10)11/h8H,1-7,9H2,(H,10,11)(H,12,13)/p-1. The molecule has 0 radical (unpaired) electrons. The van der Waals surface area contributed by atoms with Crippen molar-refractivity contribution in [3.8, 4) is 0 Å². The summed E-state index contributed by atoms with van der Waals surface area (Å²) >= 11 is -3.68. The van der Waals surface area contributed by atoms with Crippen LogP contribution in [0.2, 0.25) is 0 Å². The maximum Gasteiger partial charge on any atom is 0.152 e. The Morgan fingerprint density at radius 1 is 1.24 bits per heavy atom. The van der Waals surface area contributed by atoms with Crippen LogP contribution in [0.3, 0.4) is 0 Å². The van der Waals surface area contributed by atoms with Crippen molar-refractivity contribution < 1.29 is 17.5 Å². The Hall–Kier alpha value is 0.880. The van der Waals surface area contributed by atoms with Gasteiger partial charge in [-0.15, -0.1) is 0 Å². The van der Waals surface area contributed by atoms with E-state index < -0.39 is 22.2 Å². The molecule has 0 spiro atoms. The second-order valence-corrected chi connectivity index (χ2v) is 8.09. The van der Waals surface area contributed by atoms with Crippen molar-refractivity contribution in [2.45, 2.75) is 25.3 Å². The summed E-state index contributed by atoms with van der Waals surface area (Å²) in [6.45, 7) is 0. The highest BCUT2D eigenvalue weighted by molar-refractivity contribution is 8.76. The topological polar surface area (TPSA) is 103 Å². The molecule has 104 valence electrons. The summed E-state index contributed by atoms with van der Waals surface area (Å²) in [4.78, 5) is 0. The van der Waals surface area contributed by atoms with E-state index >= 15 is 0 Å². The van der Waals surface area contributed by atoms with Crippen LogP contribution in [0.4, 0.5) is 0 Å². The van der Waals surface area contributed by atoms with E-state index in [2.05, 4.69) is 0 Å². The van der Waals surface area contributed by atoms with Crippen LogP contribution in [0.25, 0.3) is 0 Å². The molecule has 3 unspecified atom stereocenters. The van der Waals surface area contributed by atoms with Gasteiger partial charge in [0.1, 0.15) is 0 Å². The zero-order valence-electron chi connectivity index (χ0n) is 9.41. The summed E-state index contributed by atoms with van der Waals surface area (Å²) in [5.41, 5.74) is 5.72. The van der Waals surface area contributed by atoms with E-state index in [0.717, 1.165) is 24.3 Å². The molecule has 17 heavy (non-hydrogen) atoms. The van der Waals surface area contributed by atoms with Gasteiger partial charge in [-0.2, -0.15) is 0 Å². The molecule has 5 nitrogen and oxygen atoms in total. The van der Waals surface area contributed by atoms with Crippen LogP contribution in [0.5, 0.6) is 0 Å². The zero-order chi connectivity index (χ0) is 13.1. The lowest BCUT2D eigenvalue weighted by atomic mass is 10.3. The van der Waals surface area contributed by atoms with Gasteiger partial charge in [-0.3, -0.25) is 4.21 Å². The molecular weight excluding hydrogens is 302 g/mol. The van der Waals surface area contributed by atoms with Gasteiger partial charge in [0, 0.05) is 29.1 Å². The molecule has 0 saturated heterocycles. The number of hydrogen-bond donors (Lipinski definition) is 2. The van der Waals surface area contributed by atoms with Crippen molar-refractivity contribution in [3.63, 3.8) is 0 Å². The molecule has 0 amide bonds. The molecule has 0 bridgehead atoms. The Kier molecular flexibility index (Phi) is 12.6. The monoisotopic (exact) mass is 320 g/mol. The molecule has 0 aliphatic rings. The summed E-state index contributed by atoms with van der Waals surface area (Å²) in [5.74, 6) is 2.10. The molecular formula is C8H18NO4S4-. The number of unbranched alkanes of at least 4 members (excludes halogenated alkanes) is 1. The third-order valence-corrected chi connectivity index (χ3v) is 5.62. The van der Waals surface area contributed by atoms with E-state index in [-0.39, 0.29) is 11.8 Å². The number of nitrogens with two attached hydrogens (primary N) is 1. The van der Waals surface area contributed by atoms with Gasteiger partial charge in [0.25, 0.3) is 0 Å². The van der Waals surface area contributed by atoms with Crippen LogP contribution < -0.4 is 5.73 Å². The van der Waals surface area contributed by atoms with Crippen molar-refractivity contribution in [3.05, 3.63) is 0 Å². The maximum atomic E-state index is 10.3. The molecule has 0 aromatic rings. The first kappa shape index (κ1) is 17.9. The molecule has 3 N–H and O–H groups in total. The molecule has 0 aromatic carbocycles. The Morgan fingerprint density at radius 3 is 2.53 bits per heavy atom. The van der Waals surface area contributed by atoms with Gasteiger partial charge in [-0.1, -0.05) is 32.7 Å². The third-order valence-electron chi connectivity index (χ3n) is 1.82. The summed E-state index contributed by atoms with van der Waals surface area (Å²) in [6, 6.07) is -0.0876.